The summed E-state index contributed by atoms with van der Waals surface area (Å²) in [5.41, 5.74) is 1.36. The van der Waals surface area contributed by atoms with Crippen LogP contribution in [0.2, 0.25) is 0 Å². The van der Waals surface area contributed by atoms with Crippen LogP contribution < -0.4 is 11.1 Å². The molecule has 8 nitrogen and oxygen atoms in total. The third-order valence-electron chi connectivity index (χ3n) is 4.54. The second-order valence-corrected chi connectivity index (χ2v) is 6.85. The van der Waals surface area contributed by atoms with Gasteiger partial charge in [-0.15, -0.1) is 26.3 Å². The molecule has 0 aliphatic rings. The van der Waals surface area contributed by atoms with Gasteiger partial charge in [0.05, 0.1) is 13.1 Å². The zero-order valence-electron chi connectivity index (χ0n) is 17.8. The van der Waals surface area contributed by atoms with Crippen LogP contribution in [0.3, 0.4) is 0 Å². The SMILES string of the molecule is C=CCN=Cc1cn(CC=C)c(=O)c2nc3c(C=NCC=C)cn(CC=C)c(=O)c3nc12. The minimum atomic E-state index is -0.334. The molecular weight excluding hydrogens is 404 g/mol. The van der Waals surface area contributed by atoms with E-state index in [1.807, 2.05) is 0 Å². The Labute approximate surface area is 185 Å². The molecule has 32 heavy (non-hydrogen) atoms. The number of fused-ring (bicyclic) bond motifs is 2. The van der Waals surface area contributed by atoms with Gasteiger partial charge in [-0.1, -0.05) is 24.3 Å². The molecule has 0 saturated carbocycles. The average molecular weight is 428 g/mol. The van der Waals surface area contributed by atoms with Crippen molar-refractivity contribution in [3.8, 4) is 0 Å². The first kappa shape index (κ1) is 22.5. The van der Waals surface area contributed by atoms with E-state index in [2.05, 4.69) is 46.3 Å². The molecule has 3 aromatic rings. The highest BCUT2D eigenvalue weighted by Gasteiger charge is 2.17. The summed E-state index contributed by atoms with van der Waals surface area (Å²) in [6, 6.07) is 0. The first-order valence-corrected chi connectivity index (χ1v) is 9.97. The first-order chi connectivity index (χ1) is 15.5. The Morgan fingerprint density at radius 1 is 0.688 bits per heavy atom. The summed E-state index contributed by atoms with van der Waals surface area (Å²) in [6.45, 7) is 16.1. The van der Waals surface area contributed by atoms with Crippen LogP contribution >= 0.6 is 0 Å². The Balaban J connectivity index is 2.46. The Bertz CT molecular complexity index is 1280. The summed E-state index contributed by atoms with van der Waals surface area (Å²) < 4.78 is 2.96. The fourth-order valence-corrected chi connectivity index (χ4v) is 3.17. The van der Waals surface area contributed by atoms with Crippen LogP contribution in [-0.2, 0) is 13.1 Å². The first-order valence-electron chi connectivity index (χ1n) is 9.97. The molecule has 0 spiro atoms. The molecule has 3 heterocycles. The largest absolute Gasteiger partial charge is 0.309 e. The van der Waals surface area contributed by atoms with Crippen molar-refractivity contribution in [2.75, 3.05) is 13.1 Å². The molecule has 0 aliphatic heterocycles. The van der Waals surface area contributed by atoms with Gasteiger partial charge in [-0.2, -0.15) is 0 Å². The minimum absolute atomic E-state index is 0.140. The molecule has 0 radical (unpaired) electrons. The van der Waals surface area contributed by atoms with Crippen molar-refractivity contribution >= 4 is 34.5 Å². The maximum absolute atomic E-state index is 13.1. The molecule has 0 bridgehead atoms. The van der Waals surface area contributed by atoms with E-state index < -0.39 is 0 Å². The third kappa shape index (κ3) is 4.44. The van der Waals surface area contributed by atoms with Gasteiger partial charge in [-0.25, -0.2) is 9.97 Å². The molecule has 0 N–H and O–H groups in total. The van der Waals surface area contributed by atoms with Crippen LogP contribution in [0, 0.1) is 0 Å². The zero-order chi connectivity index (χ0) is 23.1. The molecule has 0 saturated heterocycles. The fraction of sp³-hybridized carbons (Fsp3) is 0.167. The topological polar surface area (TPSA) is 94.5 Å². The number of aromatic nitrogens is 4. The lowest BCUT2D eigenvalue weighted by Gasteiger charge is -2.11. The van der Waals surface area contributed by atoms with E-state index in [1.165, 1.54) is 9.13 Å². The molecule has 0 aliphatic carbocycles. The Morgan fingerprint density at radius 2 is 1.09 bits per heavy atom. The van der Waals surface area contributed by atoms with Gasteiger partial charge >= 0.3 is 0 Å². The van der Waals surface area contributed by atoms with Gasteiger partial charge in [0.1, 0.15) is 11.0 Å². The molecule has 8 heteroatoms. The average Bonchev–Trinajstić information content (AvgIpc) is 2.79. The van der Waals surface area contributed by atoms with Gasteiger partial charge in [0.15, 0.2) is 11.0 Å². The van der Waals surface area contributed by atoms with Crippen LogP contribution in [-0.4, -0.2) is 44.6 Å². The molecule has 0 aromatic carbocycles. The number of allylic oxidation sites excluding steroid dienone is 2. The van der Waals surface area contributed by atoms with Gasteiger partial charge in [0.2, 0.25) is 0 Å². The Hall–Kier alpha value is -4.20. The van der Waals surface area contributed by atoms with Gasteiger partial charge in [0, 0.05) is 49.0 Å². The predicted molar refractivity (Wildman–Crippen MR) is 131 cm³/mol. The fourth-order valence-electron chi connectivity index (χ4n) is 3.17. The number of nitrogens with zero attached hydrogens (tertiary/aromatic N) is 6. The van der Waals surface area contributed by atoms with Gasteiger partial charge in [-0.05, 0) is 0 Å². The molecule has 162 valence electrons. The molecule has 0 unspecified atom stereocenters. The molecule has 3 rings (SSSR count). The molecular formula is C24H24N6O2. The summed E-state index contributed by atoms with van der Waals surface area (Å²) in [4.78, 5) is 43.9. The van der Waals surface area contributed by atoms with Crippen LogP contribution in [0.1, 0.15) is 11.1 Å². The van der Waals surface area contributed by atoms with Crippen LogP contribution in [0.4, 0.5) is 0 Å². The number of pyridine rings is 2. The van der Waals surface area contributed by atoms with Crippen LogP contribution in [0.5, 0.6) is 0 Å². The van der Waals surface area contributed by atoms with Gasteiger partial charge in [-0.3, -0.25) is 19.6 Å². The van der Waals surface area contributed by atoms with Crippen molar-refractivity contribution in [1.29, 1.82) is 0 Å². The lowest BCUT2D eigenvalue weighted by atomic mass is 10.2. The van der Waals surface area contributed by atoms with Crippen molar-refractivity contribution in [1.82, 2.24) is 19.1 Å². The van der Waals surface area contributed by atoms with Crippen molar-refractivity contribution in [2.24, 2.45) is 9.98 Å². The summed E-state index contributed by atoms with van der Waals surface area (Å²) in [7, 11) is 0. The van der Waals surface area contributed by atoms with E-state index in [-0.39, 0.29) is 22.2 Å². The van der Waals surface area contributed by atoms with Gasteiger partial charge < -0.3 is 9.13 Å². The minimum Gasteiger partial charge on any atom is -0.309 e. The normalized spacial score (nSPS) is 11.5. The van der Waals surface area contributed by atoms with E-state index in [1.54, 1.807) is 49.1 Å². The summed E-state index contributed by atoms with van der Waals surface area (Å²) in [5, 5.41) is 0. The molecule has 0 atom stereocenters. The Morgan fingerprint density at radius 3 is 1.44 bits per heavy atom. The summed E-state index contributed by atoms with van der Waals surface area (Å²) >= 11 is 0. The van der Waals surface area contributed by atoms with E-state index in [4.69, 9.17) is 0 Å². The Kier molecular flexibility index (Phi) is 7.17. The van der Waals surface area contributed by atoms with E-state index >= 15 is 0 Å². The van der Waals surface area contributed by atoms with Crippen molar-refractivity contribution in [3.63, 3.8) is 0 Å². The van der Waals surface area contributed by atoms with E-state index in [9.17, 15) is 9.59 Å². The predicted octanol–water partition coefficient (Wildman–Crippen LogP) is 2.69. The number of aliphatic imine (C=N–C) groups is 2. The highest BCUT2D eigenvalue weighted by Crippen LogP contribution is 2.17. The van der Waals surface area contributed by atoms with Crippen LogP contribution in [0.25, 0.3) is 22.1 Å². The maximum Gasteiger partial charge on any atom is 0.279 e. The van der Waals surface area contributed by atoms with Crippen molar-refractivity contribution < 1.29 is 0 Å². The van der Waals surface area contributed by atoms with Crippen molar-refractivity contribution in [3.05, 3.63) is 94.8 Å². The second-order valence-electron chi connectivity index (χ2n) is 6.85. The number of rotatable bonds is 10. The highest BCUT2D eigenvalue weighted by atomic mass is 16.1. The quantitative estimate of drug-likeness (QED) is 0.282. The van der Waals surface area contributed by atoms with Crippen LogP contribution in [0.15, 0.2) is 82.6 Å². The lowest BCUT2D eigenvalue weighted by molar-refractivity contribution is 0.781. The molecule has 3 aromatic heterocycles. The molecule has 0 fully saturated rings. The standard InChI is InChI=1S/C24H24N6O2/c1-5-9-25-13-17-15-29(11-7-3)23(31)21-19(17)27-22-20(28-21)18(14-26-10-6-2)16-30(12-8-4)24(22)32/h5-8,13-16H,1-4,9-12H2. The lowest BCUT2D eigenvalue weighted by Crippen LogP contribution is -2.25. The monoisotopic (exact) mass is 428 g/mol. The zero-order valence-corrected chi connectivity index (χ0v) is 17.8. The third-order valence-corrected chi connectivity index (χ3v) is 4.54. The second kappa shape index (κ2) is 10.2. The number of hydrogen-bond donors (Lipinski definition) is 0. The summed E-state index contributed by atoms with van der Waals surface area (Å²) in [5.74, 6) is 0. The number of hydrogen-bond acceptors (Lipinski definition) is 6. The van der Waals surface area contributed by atoms with Gasteiger partial charge in [0.25, 0.3) is 11.1 Å². The van der Waals surface area contributed by atoms with Crippen molar-refractivity contribution in [2.45, 2.75) is 13.1 Å². The summed E-state index contributed by atoms with van der Waals surface area (Å²) in [6.07, 6.45) is 13.0. The smallest absolute Gasteiger partial charge is 0.279 e. The highest BCUT2D eigenvalue weighted by molar-refractivity contribution is 6.02. The maximum atomic E-state index is 13.1. The van der Waals surface area contributed by atoms with E-state index in [0.717, 1.165) is 0 Å². The molecule has 0 amide bonds. The van der Waals surface area contributed by atoms with E-state index in [0.29, 0.717) is 48.3 Å².